The number of carbonyl (C=O) groups is 1. The van der Waals surface area contributed by atoms with Crippen LogP contribution in [0.3, 0.4) is 0 Å². The van der Waals surface area contributed by atoms with Gasteiger partial charge in [-0.25, -0.2) is 0 Å². The Morgan fingerprint density at radius 2 is 2.27 bits per heavy atom. The Bertz CT molecular complexity index is 583. The second-order valence-electron chi connectivity index (χ2n) is 5.40. The molecular formula is C16H21ClN2O3. The van der Waals surface area contributed by atoms with Crippen LogP contribution in [0.25, 0.3) is 6.08 Å². The molecule has 2 aliphatic heterocycles. The van der Waals surface area contributed by atoms with Crippen molar-refractivity contribution >= 4 is 24.4 Å². The summed E-state index contributed by atoms with van der Waals surface area (Å²) in [5.74, 6) is 1.45. The summed E-state index contributed by atoms with van der Waals surface area (Å²) in [5.41, 5.74) is 1.58. The van der Waals surface area contributed by atoms with Crippen molar-refractivity contribution in [3.63, 3.8) is 0 Å². The van der Waals surface area contributed by atoms with E-state index in [4.69, 9.17) is 9.47 Å². The lowest BCUT2D eigenvalue weighted by atomic mass is 10.1. The molecule has 0 spiro atoms. The molecule has 0 aliphatic carbocycles. The summed E-state index contributed by atoms with van der Waals surface area (Å²) in [6.45, 7) is 2.12. The number of benzene rings is 1. The summed E-state index contributed by atoms with van der Waals surface area (Å²) < 4.78 is 11.0. The number of amides is 1. The summed E-state index contributed by atoms with van der Waals surface area (Å²) in [5, 5.41) is 3.28. The fraction of sp³-hybridized carbons (Fsp3) is 0.438. The molecule has 2 aliphatic rings. The maximum Gasteiger partial charge on any atom is 0.253 e. The molecule has 1 aromatic rings. The van der Waals surface area contributed by atoms with Crippen LogP contribution in [0.1, 0.15) is 12.0 Å². The third-order valence-corrected chi connectivity index (χ3v) is 4.11. The highest BCUT2D eigenvalue weighted by atomic mass is 35.5. The van der Waals surface area contributed by atoms with Gasteiger partial charge in [0.05, 0.1) is 12.7 Å². The van der Waals surface area contributed by atoms with Gasteiger partial charge in [-0.2, -0.15) is 0 Å². The zero-order valence-electron chi connectivity index (χ0n) is 12.8. The number of likely N-dealkylation sites (N-methyl/N-ethyl adjacent to an activating group) is 1. The Labute approximate surface area is 136 Å². The molecular weight excluding hydrogens is 304 g/mol. The van der Waals surface area contributed by atoms with Crippen LogP contribution < -0.4 is 14.8 Å². The van der Waals surface area contributed by atoms with Gasteiger partial charge in [0.15, 0.2) is 11.5 Å². The van der Waals surface area contributed by atoms with Crippen molar-refractivity contribution in [2.75, 3.05) is 33.9 Å². The molecule has 0 radical (unpaired) electrons. The average Bonchev–Trinajstić information content (AvgIpc) is 3.06. The van der Waals surface area contributed by atoms with Gasteiger partial charge in [-0.3, -0.25) is 4.79 Å². The van der Waals surface area contributed by atoms with Crippen molar-refractivity contribution in [3.05, 3.63) is 29.3 Å². The third kappa shape index (κ3) is 3.05. The summed E-state index contributed by atoms with van der Waals surface area (Å²) in [6, 6.07) is 5.96. The van der Waals surface area contributed by atoms with E-state index in [1.807, 2.05) is 36.2 Å². The van der Waals surface area contributed by atoms with Gasteiger partial charge in [0, 0.05) is 25.2 Å². The van der Waals surface area contributed by atoms with Crippen LogP contribution in [0.5, 0.6) is 11.5 Å². The number of nitrogens with zero attached hydrogens (tertiary/aromatic N) is 1. The normalized spacial score (nSPS) is 19.4. The van der Waals surface area contributed by atoms with Gasteiger partial charge in [-0.05, 0) is 25.1 Å². The predicted octanol–water partition coefficient (Wildman–Crippen LogP) is 1.71. The van der Waals surface area contributed by atoms with Crippen molar-refractivity contribution in [1.82, 2.24) is 10.2 Å². The minimum absolute atomic E-state index is 0. The molecule has 1 atom stereocenters. The first-order valence-corrected chi connectivity index (χ1v) is 7.19. The van der Waals surface area contributed by atoms with E-state index >= 15 is 0 Å². The number of fused-ring (bicyclic) bond motifs is 1. The van der Waals surface area contributed by atoms with Crippen molar-refractivity contribution in [1.29, 1.82) is 0 Å². The smallest absolute Gasteiger partial charge is 0.253 e. The van der Waals surface area contributed by atoms with Crippen LogP contribution in [-0.2, 0) is 4.79 Å². The second kappa shape index (κ2) is 7.03. The van der Waals surface area contributed by atoms with E-state index in [0.717, 1.165) is 25.1 Å². The molecule has 22 heavy (non-hydrogen) atoms. The van der Waals surface area contributed by atoms with Gasteiger partial charge in [0.2, 0.25) is 0 Å². The number of nitrogens with one attached hydrogen (secondary N) is 1. The van der Waals surface area contributed by atoms with Crippen molar-refractivity contribution < 1.29 is 14.3 Å². The molecule has 1 saturated heterocycles. The molecule has 1 amide bonds. The number of carbonyl (C=O) groups excluding carboxylic acids is 1. The lowest BCUT2D eigenvalue weighted by Gasteiger charge is -2.27. The summed E-state index contributed by atoms with van der Waals surface area (Å²) in [6.07, 6.45) is 2.91. The number of para-hydroxylation sites is 1. The fourth-order valence-corrected chi connectivity index (χ4v) is 2.83. The molecule has 3 rings (SSSR count). The van der Waals surface area contributed by atoms with Gasteiger partial charge >= 0.3 is 0 Å². The summed E-state index contributed by atoms with van der Waals surface area (Å²) in [7, 11) is 3.48. The van der Waals surface area contributed by atoms with Crippen LogP contribution in [0, 0.1) is 0 Å². The van der Waals surface area contributed by atoms with Gasteiger partial charge < -0.3 is 19.7 Å². The molecule has 1 aromatic carbocycles. The Morgan fingerprint density at radius 1 is 1.45 bits per heavy atom. The minimum Gasteiger partial charge on any atom is -0.493 e. The van der Waals surface area contributed by atoms with E-state index in [2.05, 4.69) is 5.32 Å². The SMILES string of the molecule is COc1cccc2c1OCC(C(=O)N(C)C1CCNC1)=C2.Cl. The number of hydrogen-bond acceptors (Lipinski definition) is 4. The maximum atomic E-state index is 12.6. The lowest BCUT2D eigenvalue weighted by Crippen LogP contribution is -2.40. The molecule has 120 valence electrons. The number of ether oxygens (including phenoxy) is 2. The zero-order valence-corrected chi connectivity index (χ0v) is 13.6. The van der Waals surface area contributed by atoms with Crippen LogP contribution >= 0.6 is 12.4 Å². The van der Waals surface area contributed by atoms with Gasteiger partial charge in [-0.15, -0.1) is 12.4 Å². The topological polar surface area (TPSA) is 50.8 Å². The third-order valence-electron chi connectivity index (χ3n) is 4.11. The molecule has 1 unspecified atom stereocenters. The maximum absolute atomic E-state index is 12.6. The van der Waals surface area contributed by atoms with E-state index < -0.39 is 0 Å². The second-order valence-corrected chi connectivity index (χ2v) is 5.40. The van der Waals surface area contributed by atoms with Crippen molar-refractivity contribution in [2.24, 2.45) is 0 Å². The Morgan fingerprint density at radius 3 is 2.95 bits per heavy atom. The van der Waals surface area contributed by atoms with Crippen LogP contribution in [0.2, 0.25) is 0 Å². The Balaban J connectivity index is 0.00000176. The molecule has 0 aromatic heterocycles. The number of hydrogen-bond donors (Lipinski definition) is 1. The highest BCUT2D eigenvalue weighted by Gasteiger charge is 2.27. The highest BCUT2D eigenvalue weighted by molar-refractivity contribution is 5.99. The highest BCUT2D eigenvalue weighted by Crippen LogP contribution is 2.35. The Kier molecular flexibility index (Phi) is 5.32. The molecule has 2 heterocycles. The number of halogens is 1. The molecule has 0 bridgehead atoms. The minimum atomic E-state index is 0. The zero-order chi connectivity index (χ0) is 14.8. The van der Waals surface area contributed by atoms with Crippen LogP contribution in [-0.4, -0.2) is 50.7 Å². The summed E-state index contributed by atoms with van der Waals surface area (Å²) >= 11 is 0. The van der Waals surface area contributed by atoms with Crippen molar-refractivity contribution in [2.45, 2.75) is 12.5 Å². The molecule has 0 saturated carbocycles. The van der Waals surface area contributed by atoms with Crippen LogP contribution in [0.15, 0.2) is 23.8 Å². The number of rotatable bonds is 3. The first-order chi connectivity index (χ1) is 10.2. The number of methoxy groups -OCH3 is 1. The van der Waals surface area contributed by atoms with E-state index in [-0.39, 0.29) is 31.0 Å². The van der Waals surface area contributed by atoms with E-state index in [1.165, 1.54) is 0 Å². The first kappa shape index (κ1) is 16.6. The van der Waals surface area contributed by atoms with E-state index in [0.29, 0.717) is 17.1 Å². The molecule has 1 N–H and O–H groups in total. The van der Waals surface area contributed by atoms with E-state index in [9.17, 15) is 4.79 Å². The summed E-state index contributed by atoms with van der Waals surface area (Å²) in [4.78, 5) is 14.4. The predicted molar refractivity (Wildman–Crippen MR) is 87.8 cm³/mol. The fourth-order valence-electron chi connectivity index (χ4n) is 2.83. The van der Waals surface area contributed by atoms with E-state index in [1.54, 1.807) is 7.11 Å². The lowest BCUT2D eigenvalue weighted by molar-refractivity contribution is -0.127. The molecule has 5 nitrogen and oxygen atoms in total. The quantitative estimate of drug-likeness (QED) is 0.919. The molecule has 6 heteroatoms. The van der Waals surface area contributed by atoms with Gasteiger partial charge in [-0.1, -0.05) is 12.1 Å². The monoisotopic (exact) mass is 324 g/mol. The Hall–Kier alpha value is -1.72. The molecule has 1 fully saturated rings. The first-order valence-electron chi connectivity index (χ1n) is 7.19. The largest absolute Gasteiger partial charge is 0.493 e. The standard InChI is InChI=1S/C16H20N2O3.ClH/c1-18(13-6-7-17-9-13)16(19)12-8-11-4-3-5-14(20-2)15(11)21-10-12;/h3-5,8,13,17H,6-7,9-10H2,1-2H3;1H. The van der Waals surface area contributed by atoms with Gasteiger partial charge in [0.25, 0.3) is 5.91 Å². The van der Waals surface area contributed by atoms with Gasteiger partial charge in [0.1, 0.15) is 6.61 Å². The van der Waals surface area contributed by atoms with Crippen molar-refractivity contribution in [3.8, 4) is 11.5 Å². The van der Waals surface area contributed by atoms with Crippen LogP contribution in [0.4, 0.5) is 0 Å². The average molecular weight is 325 g/mol.